The van der Waals surface area contributed by atoms with Gasteiger partial charge in [0, 0.05) is 5.56 Å². The highest BCUT2D eigenvalue weighted by Crippen LogP contribution is 2.30. The summed E-state index contributed by atoms with van der Waals surface area (Å²) in [6, 6.07) is 13.6. The number of carboxylic acids is 1. The van der Waals surface area contributed by atoms with Gasteiger partial charge in [-0.15, -0.1) is 11.3 Å². The van der Waals surface area contributed by atoms with E-state index >= 15 is 0 Å². The van der Waals surface area contributed by atoms with Crippen LogP contribution in [0.5, 0.6) is 11.5 Å². The van der Waals surface area contributed by atoms with Crippen LogP contribution in [0.1, 0.15) is 33.4 Å². The van der Waals surface area contributed by atoms with E-state index in [0.29, 0.717) is 41.0 Å². The Labute approximate surface area is 168 Å². The van der Waals surface area contributed by atoms with Gasteiger partial charge in [0.25, 0.3) is 0 Å². The number of aryl methyl sites for hydroxylation is 3. The highest BCUT2D eigenvalue weighted by Gasteiger charge is 2.17. The lowest BCUT2D eigenvalue weighted by molar-refractivity contribution is 0.0701. The largest absolute Gasteiger partial charge is 0.490 e. The van der Waals surface area contributed by atoms with Gasteiger partial charge in [0.05, 0.1) is 5.69 Å². The number of carboxylic acid groups (broad SMARTS) is 1. The third kappa shape index (κ3) is 4.51. The quantitative estimate of drug-likeness (QED) is 0.533. The second-order valence-electron chi connectivity index (χ2n) is 6.40. The third-order valence-corrected chi connectivity index (χ3v) is 5.45. The van der Waals surface area contributed by atoms with Crippen molar-refractivity contribution in [2.45, 2.75) is 27.2 Å². The zero-order chi connectivity index (χ0) is 20.1. The molecule has 1 aromatic heterocycles. The van der Waals surface area contributed by atoms with Crippen molar-refractivity contribution >= 4 is 17.3 Å². The van der Waals surface area contributed by atoms with E-state index in [2.05, 4.69) is 4.98 Å². The van der Waals surface area contributed by atoms with Gasteiger partial charge in [-0.2, -0.15) is 0 Å². The molecule has 0 saturated carbocycles. The Balaban J connectivity index is 1.65. The topological polar surface area (TPSA) is 68.7 Å². The van der Waals surface area contributed by atoms with Gasteiger partial charge in [0.2, 0.25) is 0 Å². The van der Waals surface area contributed by atoms with E-state index < -0.39 is 5.97 Å². The molecule has 5 nitrogen and oxygen atoms in total. The van der Waals surface area contributed by atoms with Crippen molar-refractivity contribution in [1.29, 1.82) is 0 Å². The Morgan fingerprint density at radius 2 is 1.75 bits per heavy atom. The van der Waals surface area contributed by atoms with E-state index in [1.54, 1.807) is 0 Å². The number of thiazole rings is 1. The van der Waals surface area contributed by atoms with Crippen LogP contribution in [0.4, 0.5) is 0 Å². The van der Waals surface area contributed by atoms with E-state index in [4.69, 9.17) is 9.47 Å². The molecule has 0 aliphatic carbocycles. The Bertz CT molecular complexity index is 960. The number of hydrogen-bond acceptors (Lipinski definition) is 5. The average Bonchev–Trinajstić information content (AvgIpc) is 3.12. The van der Waals surface area contributed by atoms with Crippen molar-refractivity contribution in [3.05, 3.63) is 64.2 Å². The second-order valence-corrected chi connectivity index (χ2v) is 7.40. The van der Waals surface area contributed by atoms with Crippen LogP contribution in [0.3, 0.4) is 0 Å². The number of carbonyl (C=O) groups is 1. The first-order valence-corrected chi connectivity index (χ1v) is 9.96. The fourth-order valence-electron chi connectivity index (χ4n) is 2.93. The standard InChI is InChI=1S/C22H23NO4S/c1-4-18-20(22(24)25)28-21(23-18)16-9-6-10-17(13-16)26-11-12-27-19-14(2)7-5-8-15(19)3/h5-10,13H,4,11-12H2,1-3H3,(H,24,25). The molecule has 3 rings (SSSR count). The number of nitrogens with zero attached hydrogens (tertiary/aromatic N) is 1. The molecule has 28 heavy (non-hydrogen) atoms. The van der Waals surface area contributed by atoms with E-state index in [1.807, 2.05) is 63.2 Å². The van der Waals surface area contributed by atoms with Crippen molar-refractivity contribution in [3.8, 4) is 22.1 Å². The molecule has 0 radical (unpaired) electrons. The molecule has 0 amide bonds. The SMILES string of the molecule is CCc1nc(-c2cccc(OCCOc3c(C)cccc3C)c2)sc1C(=O)O. The van der Waals surface area contributed by atoms with Crippen LogP contribution in [0.2, 0.25) is 0 Å². The Morgan fingerprint density at radius 1 is 1.07 bits per heavy atom. The van der Waals surface area contributed by atoms with Crippen molar-refractivity contribution < 1.29 is 19.4 Å². The van der Waals surface area contributed by atoms with Crippen LogP contribution in [0, 0.1) is 13.8 Å². The van der Waals surface area contributed by atoms with Gasteiger partial charge in [-0.25, -0.2) is 9.78 Å². The highest BCUT2D eigenvalue weighted by molar-refractivity contribution is 7.17. The number of aromatic carboxylic acids is 1. The van der Waals surface area contributed by atoms with Crippen LogP contribution < -0.4 is 9.47 Å². The maximum Gasteiger partial charge on any atom is 0.347 e. The lowest BCUT2D eigenvalue weighted by Crippen LogP contribution is -2.10. The fraction of sp³-hybridized carbons (Fsp3) is 0.273. The van der Waals surface area contributed by atoms with Crippen molar-refractivity contribution in [2.75, 3.05) is 13.2 Å². The van der Waals surface area contributed by atoms with Gasteiger partial charge >= 0.3 is 5.97 Å². The average molecular weight is 397 g/mol. The summed E-state index contributed by atoms with van der Waals surface area (Å²) in [6.45, 7) is 6.81. The molecule has 0 fully saturated rings. The van der Waals surface area contributed by atoms with Crippen LogP contribution in [0.25, 0.3) is 10.6 Å². The second kappa shape index (κ2) is 8.89. The first-order valence-electron chi connectivity index (χ1n) is 9.14. The highest BCUT2D eigenvalue weighted by atomic mass is 32.1. The first kappa shape index (κ1) is 19.9. The van der Waals surface area contributed by atoms with Crippen molar-refractivity contribution in [2.24, 2.45) is 0 Å². The molecule has 0 spiro atoms. The summed E-state index contributed by atoms with van der Waals surface area (Å²) >= 11 is 1.19. The summed E-state index contributed by atoms with van der Waals surface area (Å²) in [5.41, 5.74) is 3.67. The molecular formula is C22H23NO4S. The minimum Gasteiger partial charge on any atom is -0.490 e. The molecular weight excluding hydrogens is 374 g/mol. The molecule has 0 aliphatic rings. The van der Waals surface area contributed by atoms with Crippen molar-refractivity contribution in [1.82, 2.24) is 4.98 Å². The van der Waals surface area contributed by atoms with Gasteiger partial charge in [-0.1, -0.05) is 37.3 Å². The summed E-state index contributed by atoms with van der Waals surface area (Å²) in [5.74, 6) is 0.667. The van der Waals surface area contributed by atoms with Gasteiger partial charge < -0.3 is 14.6 Å². The number of aromatic nitrogens is 1. The predicted octanol–water partition coefficient (Wildman–Crippen LogP) is 5.15. The molecule has 3 aromatic rings. The van der Waals surface area contributed by atoms with Crippen LogP contribution in [-0.2, 0) is 6.42 Å². The normalized spacial score (nSPS) is 10.7. The maximum absolute atomic E-state index is 11.4. The Morgan fingerprint density at radius 3 is 2.39 bits per heavy atom. The summed E-state index contributed by atoms with van der Waals surface area (Å²) in [7, 11) is 0. The van der Waals surface area contributed by atoms with Crippen molar-refractivity contribution in [3.63, 3.8) is 0 Å². The van der Waals surface area contributed by atoms with Crippen LogP contribution in [0.15, 0.2) is 42.5 Å². The number of para-hydroxylation sites is 1. The van der Waals surface area contributed by atoms with Crippen LogP contribution >= 0.6 is 11.3 Å². The molecule has 0 saturated heterocycles. The molecule has 1 heterocycles. The van der Waals surface area contributed by atoms with Gasteiger partial charge in [0.15, 0.2) is 0 Å². The fourth-order valence-corrected chi connectivity index (χ4v) is 3.92. The summed E-state index contributed by atoms with van der Waals surface area (Å²) in [5, 5.41) is 10.0. The molecule has 146 valence electrons. The first-order chi connectivity index (χ1) is 13.5. The molecule has 1 N–H and O–H groups in total. The molecule has 2 aromatic carbocycles. The van der Waals surface area contributed by atoms with Gasteiger partial charge in [0.1, 0.15) is 34.6 Å². The molecule has 6 heteroatoms. The van der Waals surface area contributed by atoms with E-state index in [1.165, 1.54) is 11.3 Å². The molecule has 0 unspecified atom stereocenters. The maximum atomic E-state index is 11.4. The smallest absolute Gasteiger partial charge is 0.347 e. The Hall–Kier alpha value is -2.86. The lowest BCUT2D eigenvalue weighted by Gasteiger charge is -2.12. The summed E-state index contributed by atoms with van der Waals surface area (Å²) in [6.07, 6.45) is 0.587. The molecule has 0 bridgehead atoms. The molecule has 0 atom stereocenters. The number of benzene rings is 2. The summed E-state index contributed by atoms with van der Waals surface area (Å²) < 4.78 is 11.7. The Kier molecular flexibility index (Phi) is 6.31. The zero-order valence-electron chi connectivity index (χ0n) is 16.2. The summed E-state index contributed by atoms with van der Waals surface area (Å²) in [4.78, 5) is 16.1. The van der Waals surface area contributed by atoms with E-state index in [0.717, 1.165) is 22.4 Å². The van der Waals surface area contributed by atoms with E-state index in [-0.39, 0.29) is 0 Å². The lowest BCUT2D eigenvalue weighted by atomic mass is 10.1. The minimum absolute atomic E-state index is 0.297. The van der Waals surface area contributed by atoms with Crippen LogP contribution in [-0.4, -0.2) is 29.3 Å². The van der Waals surface area contributed by atoms with Gasteiger partial charge in [-0.05, 0) is 43.5 Å². The number of rotatable bonds is 8. The number of ether oxygens (including phenoxy) is 2. The monoisotopic (exact) mass is 397 g/mol. The third-order valence-electron chi connectivity index (χ3n) is 4.31. The predicted molar refractivity (Wildman–Crippen MR) is 111 cm³/mol. The zero-order valence-corrected chi connectivity index (χ0v) is 17.0. The number of hydrogen-bond donors (Lipinski definition) is 1. The minimum atomic E-state index is -0.934. The molecule has 0 aliphatic heterocycles. The van der Waals surface area contributed by atoms with E-state index in [9.17, 15) is 9.90 Å². The van der Waals surface area contributed by atoms with Gasteiger partial charge in [-0.3, -0.25) is 0 Å².